The molecule has 6 heteroatoms. The summed E-state index contributed by atoms with van der Waals surface area (Å²) in [5.41, 5.74) is 2.67. The Morgan fingerprint density at radius 3 is 2.62 bits per heavy atom. The maximum Gasteiger partial charge on any atom is 0.226 e. The van der Waals surface area contributed by atoms with Gasteiger partial charge in [-0.2, -0.15) is 5.10 Å². The second-order valence-electron chi connectivity index (χ2n) is 6.14. The van der Waals surface area contributed by atoms with Crippen molar-refractivity contribution < 1.29 is 13.9 Å². The Bertz CT molecular complexity index is 933. The number of carbonyl (C=O) groups excluding carboxylic acids is 1. The molecule has 1 aliphatic rings. The number of anilines is 1. The first-order chi connectivity index (χ1) is 12.7. The van der Waals surface area contributed by atoms with Crippen LogP contribution >= 0.6 is 0 Å². The maximum atomic E-state index is 13.2. The molecule has 4 rings (SSSR count). The number of aromatic nitrogens is 2. The van der Waals surface area contributed by atoms with E-state index in [2.05, 4.69) is 10.4 Å². The van der Waals surface area contributed by atoms with Gasteiger partial charge in [-0.1, -0.05) is 12.1 Å². The molecule has 5 nitrogen and oxygen atoms in total. The van der Waals surface area contributed by atoms with E-state index in [-0.39, 0.29) is 17.6 Å². The predicted molar refractivity (Wildman–Crippen MR) is 96.2 cm³/mol. The van der Waals surface area contributed by atoms with Gasteiger partial charge in [-0.25, -0.2) is 9.07 Å². The highest BCUT2D eigenvalue weighted by Crippen LogP contribution is 2.38. The summed E-state index contributed by atoms with van der Waals surface area (Å²) < 4.78 is 20.3. The molecule has 0 bridgehead atoms. The summed E-state index contributed by atoms with van der Waals surface area (Å²) in [6.07, 6.45) is 2.12. The molecule has 1 aliphatic heterocycles. The third-order valence-electron chi connectivity index (χ3n) is 4.48. The van der Waals surface area contributed by atoms with Gasteiger partial charge in [-0.3, -0.25) is 4.79 Å². The number of hydrogen-bond acceptors (Lipinski definition) is 3. The molecule has 0 saturated heterocycles. The first-order valence-corrected chi connectivity index (χ1v) is 8.52. The minimum absolute atomic E-state index is 0.0692. The molecule has 132 valence electrons. The predicted octanol–water partition coefficient (Wildman–Crippen LogP) is 3.88. The molecule has 0 spiro atoms. The fraction of sp³-hybridized carbons (Fsp3) is 0.200. The molecule has 2 heterocycles. The van der Waals surface area contributed by atoms with Crippen LogP contribution < -0.4 is 10.1 Å². The molecule has 0 saturated carbocycles. The zero-order valence-electron chi connectivity index (χ0n) is 14.3. The molecule has 1 atom stereocenters. The van der Waals surface area contributed by atoms with Crippen molar-refractivity contribution in [1.29, 1.82) is 0 Å². The molecular weight excluding hydrogens is 333 g/mol. The van der Waals surface area contributed by atoms with Gasteiger partial charge in [-0.05, 0) is 48.9 Å². The second kappa shape index (κ2) is 6.63. The van der Waals surface area contributed by atoms with Gasteiger partial charge in [0, 0.05) is 17.9 Å². The summed E-state index contributed by atoms with van der Waals surface area (Å²) in [7, 11) is 0. The highest BCUT2D eigenvalue weighted by atomic mass is 19.1. The maximum absolute atomic E-state index is 13.2. The Morgan fingerprint density at radius 1 is 1.19 bits per heavy atom. The largest absolute Gasteiger partial charge is 0.494 e. The van der Waals surface area contributed by atoms with Crippen molar-refractivity contribution in [2.75, 3.05) is 11.9 Å². The minimum Gasteiger partial charge on any atom is -0.494 e. The van der Waals surface area contributed by atoms with Crippen molar-refractivity contribution in [3.63, 3.8) is 0 Å². The summed E-state index contributed by atoms with van der Waals surface area (Å²) in [4.78, 5) is 12.3. The van der Waals surface area contributed by atoms with E-state index in [0.717, 1.165) is 16.9 Å². The number of halogens is 1. The first-order valence-electron chi connectivity index (χ1n) is 8.52. The van der Waals surface area contributed by atoms with E-state index in [1.54, 1.807) is 23.0 Å². The lowest BCUT2D eigenvalue weighted by Gasteiger charge is -2.24. The number of carbonyl (C=O) groups is 1. The molecule has 26 heavy (non-hydrogen) atoms. The first kappa shape index (κ1) is 16.3. The standard InChI is InChI=1S/C20H18FN3O2/c1-2-26-16-9-3-13(4-10-16)17-11-19(25)23-20-18(17)12-22-24(20)15-7-5-14(21)6-8-15/h3-10,12,17H,2,11H2,1H3,(H,23,25). The van der Waals surface area contributed by atoms with Crippen LogP contribution in [0.25, 0.3) is 5.69 Å². The van der Waals surface area contributed by atoms with E-state index in [1.165, 1.54) is 12.1 Å². The number of amides is 1. The Labute approximate surface area is 150 Å². The van der Waals surface area contributed by atoms with Crippen LogP contribution in [0.4, 0.5) is 10.2 Å². The third-order valence-corrected chi connectivity index (χ3v) is 4.48. The van der Waals surface area contributed by atoms with E-state index in [4.69, 9.17) is 4.74 Å². The van der Waals surface area contributed by atoms with Crippen LogP contribution in [0.3, 0.4) is 0 Å². The fourth-order valence-electron chi connectivity index (χ4n) is 3.26. The average molecular weight is 351 g/mol. The van der Waals surface area contributed by atoms with Crippen molar-refractivity contribution in [3.05, 3.63) is 71.7 Å². The Kier molecular flexibility index (Phi) is 4.16. The Morgan fingerprint density at radius 2 is 1.92 bits per heavy atom. The van der Waals surface area contributed by atoms with Crippen LogP contribution in [-0.4, -0.2) is 22.3 Å². The van der Waals surface area contributed by atoms with Crippen molar-refractivity contribution in [2.45, 2.75) is 19.3 Å². The van der Waals surface area contributed by atoms with Gasteiger partial charge in [0.2, 0.25) is 5.91 Å². The molecule has 0 fully saturated rings. The molecule has 1 aromatic heterocycles. The van der Waals surface area contributed by atoms with Crippen molar-refractivity contribution in [2.24, 2.45) is 0 Å². The number of nitrogens with one attached hydrogen (secondary N) is 1. The summed E-state index contributed by atoms with van der Waals surface area (Å²) in [5, 5.41) is 7.31. The monoisotopic (exact) mass is 351 g/mol. The quantitative estimate of drug-likeness (QED) is 0.776. The van der Waals surface area contributed by atoms with E-state index in [9.17, 15) is 9.18 Å². The smallest absolute Gasteiger partial charge is 0.226 e. The lowest BCUT2D eigenvalue weighted by atomic mass is 9.87. The summed E-state index contributed by atoms with van der Waals surface area (Å²) >= 11 is 0. The van der Waals surface area contributed by atoms with Crippen LogP contribution in [0, 0.1) is 5.82 Å². The fourth-order valence-corrected chi connectivity index (χ4v) is 3.26. The van der Waals surface area contributed by atoms with E-state index >= 15 is 0 Å². The minimum atomic E-state index is -0.314. The van der Waals surface area contributed by atoms with Crippen molar-refractivity contribution >= 4 is 11.7 Å². The van der Waals surface area contributed by atoms with Crippen molar-refractivity contribution in [1.82, 2.24) is 9.78 Å². The van der Waals surface area contributed by atoms with Gasteiger partial charge in [-0.15, -0.1) is 0 Å². The molecular formula is C20H18FN3O2. The van der Waals surface area contributed by atoms with E-state index in [1.807, 2.05) is 31.2 Å². The highest BCUT2D eigenvalue weighted by molar-refractivity contribution is 5.94. The van der Waals surface area contributed by atoms with Gasteiger partial charge < -0.3 is 10.1 Å². The SMILES string of the molecule is CCOc1ccc(C2CC(=O)Nc3c2cnn3-c2ccc(F)cc2)cc1. The molecule has 2 aromatic carbocycles. The molecule has 0 aliphatic carbocycles. The molecule has 3 aromatic rings. The molecule has 0 radical (unpaired) electrons. The second-order valence-corrected chi connectivity index (χ2v) is 6.14. The van der Waals surface area contributed by atoms with Crippen LogP contribution in [0.5, 0.6) is 5.75 Å². The van der Waals surface area contributed by atoms with Crippen LogP contribution in [-0.2, 0) is 4.79 Å². The Balaban J connectivity index is 1.72. The number of rotatable bonds is 4. The highest BCUT2D eigenvalue weighted by Gasteiger charge is 2.30. The van der Waals surface area contributed by atoms with Gasteiger partial charge in [0.05, 0.1) is 18.5 Å². The normalized spacial score (nSPS) is 16.1. The van der Waals surface area contributed by atoms with Crippen molar-refractivity contribution in [3.8, 4) is 11.4 Å². The zero-order chi connectivity index (χ0) is 18.1. The summed E-state index contributed by atoms with van der Waals surface area (Å²) in [6, 6.07) is 13.8. The number of hydrogen-bond donors (Lipinski definition) is 1. The van der Waals surface area contributed by atoms with Crippen LogP contribution in [0.2, 0.25) is 0 Å². The van der Waals surface area contributed by atoms with Gasteiger partial charge in [0.25, 0.3) is 0 Å². The molecule has 1 N–H and O–H groups in total. The zero-order valence-corrected chi connectivity index (χ0v) is 14.3. The topological polar surface area (TPSA) is 56.1 Å². The van der Waals surface area contributed by atoms with Gasteiger partial charge >= 0.3 is 0 Å². The summed E-state index contributed by atoms with van der Waals surface area (Å²) in [5.74, 6) is 0.973. The lowest BCUT2D eigenvalue weighted by Crippen LogP contribution is -2.24. The number of nitrogens with zero attached hydrogens (tertiary/aromatic N) is 2. The van der Waals surface area contributed by atoms with E-state index < -0.39 is 0 Å². The number of fused-ring (bicyclic) bond motifs is 1. The van der Waals surface area contributed by atoms with Crippen LogP contribution in [0.1, 0.15) is 30.4 Å². The van der Waals surface area contributed by atoms with E-state index in [0.29, 0.717) is 24.5 Å². The molecule has 1 amide bonds. The Hall–Kier alpha value is -3.15. The van der Waals surface area contributed by atoms with Gasteiger partial charge in [0.15, 0.2) is 0 Å². The summed E-state index contributed by atoms with van der Waals surface area (Å²) in [6.45, 7) is 2.55. The van der Waals surface area contributed by atoms with Gasteiger partial charge in [0.1, 0.15) is 17.4 Å². The number of benzene rings is 2. The molecule has 1 unspecified atom stereocenters. The lowest BCUT2D eigenvalue weighted by molar-refractivity contribution is -0.116. The van der Waals surface area contributed by atoms with Crippen LogP contribution in [0.15, 0.2) is 54.7 Å². The number of ether oxygens (including phenoxy) is 1. The third kappa shape index (κ3) is 2.94. The average Bonchev–Trinajstić information content (AvgIpc) is 3.06.